The molecule has 1 aliphatic carbocycles. The van der Waals surface area contributed by atoms with Gasteiger partial charge in [-0.15, -0.1) is 0 Å². The summed E-state index contributed by atoms with van der Waals surface area (Å²) in [6, 6.07) is 5.21. The van der Waals surface area contributed by atoms with Gasteiger partial charge >= 0.3 is 5.97 Å². The maximum Gasteiger partial charge on any atom is 0.307 e. The Morgan fingerprint density at radius 2 is 2.05 bits per heavy atom. The van der Waals surface area contributed by atoms with Crippen molar-refractivity contribution in [1.29, 1.82) is 0 Å². The number of carboxylic acids is 1. The maximum absolute atomic E-state index is 11.6. The normalized spacial score (nSPS) is 20.9. The van der Waals surface area contributed by atoms with Crippen LogP contribution in [0, 0.1) is 11.8 Å². The predicted octanol–water partition coefficient (Wildman–Crippen LogP) is 2.37. The van der Waals surface area contributed by atoms with Crippen molar-refractivity contribution >= 4 is 35.1 Å². The molecule has 0 aromatic heterocycles. The van der Waals surface area contributed by atoms with Crippen LogP contribution in [-0.4, -0.2) is 23.5 Å². The quantitative estimate of drug-likeness (QED) is 0.877. The number of halogens is 2. The molecule has 0 unspecified atom stereocenters. The van der Waals surface area contributed by atoms with E-state index < -0.39 is 11.9 Å². The Morgan fingerprint density at radius 1 is 1.32 bits per heavy atom. The molecule has 1 aliphatic rings. The van der Waals surface area contributed by atoms with Crippen LogP contribution in [0.1, 0.15) is 12.0 Å². The molecule has 0 heterocycles. The highest BCUT2D eigenvalue weighted by molar-refractivity contribution is 6.35. The predicted molar refractivity (Wildman–Crippen MR) is 72.4 cm³/mol. The number of nitrogens with one attached hydrogen (secondary N) is 1. The number of amides is 1. The Morgan fingerprint density at radius 3 is 2.63 bits per heavy atom. The lowest BCUT2D eigenvalue weighted by atomic mass is 10.1. The van der Waals surface area contributed by atoms with E-state index in [0.29, 0.717) is 29.4 Å². The first-order valence-corrected chi connectivity index (χ1v) is 6.69. The molecule has 2 N–H and O–H groups in total. The van der Waals surface area contributed by atoms with Crippen LogP contribution in [0.5, 0.6) is 0 Å². The summed E-state index contributed by atoms with van der Waals surface area (Å²) < 4.78 is 0. The van der Waals surface area contributed by atoms with Crippen LogP contribution in [-0.2, 0) is 16.0 Å². The fourth-order valence-corrected chi connectivity index (χ4v) is 2.44. The van der Waals surface area contributed by atoms with Crippen LogP contribution in [0.2, 0.25) is 10.0 Å². The average Bonchev–Trinajstić information content (AvgIpc) is 3.12. The Hall–Kier alpha value is -1.26. The molecule has 19 heavy (non-hydrogen) atoms. The SMILES string of the molecule is O=C(O)[C@H]1C[C@H]1C(=O)NCCc1ccc(Cl)cc1Cl. The standard InChI is InChI=1S/C13H13Cl2NO3/c14-8-2-1-7(11(15)5-8)3-4-16-12(17)9-6-10(9)13(18)19/h1-2,5,9-10H,3-4,6H2,(H,16,17)(H,18,19)/t9-,10+/m1/s1. The van der Waals surface area contributed by atoms with Crippen molar-refractivity contribution in [2.45, 2.75) is 12.8 Å². The summed E-state index contributed by atoms with van der Waals surface area (Å²) in [6.45, 7) is 0.434. The fourth-order valence-electron chi connectivity index (χ4n) is 1.93. The van der Waals surface area contributed by atoms with E-state index in [1.54, 1.807) is 12.1 Å². The van der Waals surface area contributed by atoms with Gasteiger partial charge in [0.1, 0.15) is 0 Å². The topological polar surface area (TPSA) is 66.4 Å². The third kappa shape index (κ3) is 3.61. The van der Waals surface area contributed by atoms with Crippen molar-refractivity contribution in [3.05, 3.63) is 33.8 Å². The first-order chi connectivity index (χ1) is 8.99. The second-order valence-corrected chi connectivity index (χ2v) is 5.41. The van der Waals surface area contributed by atoms with Gasteiger partial charge in [-0.2, -0.15) is 0 Å². The Labute approximate surface area is 120 Å². The molecule has 2 atom stereocenters. The van der Waals surface area contributed by atoms with Crippen molar-refractivity contribution < 1.29 is 14.7 Å². The summed E-state index contributed by atoms with van der Waals surface area (Å²) in [5, 5.41) is 12.6. The van der Waals surface area contributed by atoms with Crippen molar-refractivity contribution in [3.63, 3.8) is 0 Å². The molecule has 1 aromatic rings. The van der Waals surface area contributed by atoms with E-state index in [9.17, 15) is 9.59 Å². The van der Waals surface area contributed by atoms with Crippen molar-refractivity contribution in [3.8, 4) is 0 Å². The van der Waals surface area contributed by atoms with Gasteiger partial charge in [0.2, 0.25) is 5.91 Å². The molecule has 0 saturated heterocycles. The Bertz CT molecular complexity index is 519. The maximum atomic E-state index is 11.6. The van der Waals surface area contributed by atoms with E-state index >= 15 is 0 Å². The molecule has 0 aliphatic heterocycles. The first kappa shape index (κ1) is 14.2. The number of carbonyl (C=O) groups is 2. The minimum absolute atomic E-state index is 0.197. The van der Waals surface area contributed by atoms with Gasteiger partial charge in [0.05, 0.1) is 11.8 Å². The van der Waals surface area contributed by atoms with Crippen LogP contribution in [0.3, 0.4) is 0 Å². The number of hydrogen-bond donors (Lipinski definition) is 2. The highest BCUT2D eigenvalue weighted by Gasteiger charge is 2.48. The minimum Gasteiger partial charge on any atom is -0.481 e. The van der Waals surface area contributed by atoms with Gasteiger partial charge in [-0.25, -0.2) is 0 Å². The van der Waals surface area contributed by atoms with Crippen molar-refractivity contribution in [1.82, 2.24) is 5.32 Å². The van der Waals surface area contributed by atoms with Crippen molar-refractivity contribution in [2.24, 2.45) is 11.8 Å². The minimum atomic E-state index is -0.902. The Kier molecular flexibility index (Phi) is 4.32. The third-order valence-electron chi connectivity index (χ3n) is 3.15. The zero-order valence-electron chi connectivity index (χ0n) is 10.0. The average molecular weight is 302 g/mol. The summed E-state index contributed by atoms with van der Waals surface area (Å²) in [5.74, 6) is -1.99. The lowest BCUT2D eigenvalue weighted by Crippen LogP contribution is -2.28. The van der Waals surface area contributed by atoms with E-state index in [-0.39, 0.29) is 11.8 Å². The summed E-state index contributed by atoms with van der Waals surface area (Å²) in [6.07, 6.45) is 1.02. The molecule has 0 spiro atoms. The van der Waals surface area contributed by atoms with Crippen LogP contribution >= 0.6 is 23.2 Å². The smallest absolute Gasteiger partial charge is 0.307 e. The highest BCUT2D eigenvalue weighted by atomic mass is 35.5. The fraction of sp³-hybridized carbons (Fsp3) is 0.385. The lowest BCUT2D eigenvalue weighted by molar-refractivity contribution is -0.140. The summed E-state index contributed by atoms with van der Waals surface area (Å²) in [5.41, 5.74) is 0.900. The van der Waals surface area contributed by atoms with Gasteiger partial charge in [0.15, 0.2) is 0 Å². The number of aliphatic carboxylic acids is 1. The van der Waals surface area contributed by atoms with E-state index in [4.69, 9.17) is 28.3 Å². The van der Waals surface area contributed by atoms with Gasteiger partial charge in [0, 0.05) is 16.6 Å². The molecule has 2 rings (SSSR count). The van der Waals surface area contributed by atoms with Gasteiger partial charge in [-0.05, 0) is 30.5 Å². The van der Waals surface area contributed by atoms with E-state index in [1.165, 1.54) is 0 Å². The molecule has 1 fully saturated rings. The van der Waals surface area contributed by atoms with Crippen LogP contribution in [0.25, 0.3) is 0 Å². The molecule has 6 heteroatoms. The number of benzene rings is 1. The number of hydrogen-bond acceptors (Lipinski definition) is 2. The van der Waals surface area contributed by atoms with Gasteiger partial charge in [-0.1, -0.05) is 29.3 Å². The van der Waals surface area contributed by atoms with Gasteiger partial charge in [0.25, 0.3) is 0 Å². The summed E-state index contributed by atoms with van der Waals surface area (Å²) in [4.78, 5) is 22.3. The van der Waals surface area contributed by atoms with E-state index in [2.05, 4.69) is 5.32 Å². The zero-order valence-corrected chi connectivity index (χ0v) is 11.5. The second-order valence-electron chi connectivity index (χ2n) is 4.56. The van der Waals surface area contributed by atoms with Crippen LogP contribution in [0.4, 0.5) is 0 Å². The monoisotopic (exact) mass is 301 g/mol. The largest absolute Gasteiger partial charge is 0.481 e. The van der Waals surface area contributed by atoms with Crippen LogP contribution < -0.4 is 5.32 Å². The third-order valence-corrected chi connectivity index (χ3v) is 3.74. The Balaban J connectivity index is 1.78. The first-order valence-electron chi connectivity index (χ1n) is 5.93. The van der Waals surface area contributed by atoms with Crippen molar-refractivity contribution in [2.75, 3.05) is 6.54 Å². The van der Waals surface area contributed by atoms with Crippen LogP contribution in [0.15, 0.2) is 18.2 Å². The summed E-state index contributed by atoms with van der Waals surface area (Å²) in [7, 11) is 0. The molecule has 4 nitrogen and oxygen atoms in total. The molecular weight excluding hydrogens is 289 g/mol. The molecule has 0 bridgehead atoms. The lowest BCUT2D eigenvalue weighted by Gasteiger charge is -2.06. The molecule has 1 aromatic carbocycles. The molecule has 1 saturated carbocycles. The summed E-state index contributed by atoms with van der Waals surface area (Å²) >= 11 is 11.8. The van der Waals surface area contributed by atoms with E-state index in [1.807, 2.05) is 6.07 Å². The van der Waals surface area contributed by atoms with E-state index in [0.717, 1.165) is 5.56 Å². The number of carboxylic acid groups (broad SMARTS) is 1. The molecule has 1 amide bonds. The molecular formula is C13H13Cl2NO3. The molecule has 102 valence electrons. The van der Waals surface area contributed by atoms with Gasteiger partial charge in [-0.3, -0.25) is 9.59 Å². The highest BCUT2D eigenvalue weighted by Crippen LogP contribution is 2.38. The second kappa shape index (κ2) is 5.80. The molecule has 0 radical (unpaired) electrons. The number of rotatable bonds is 5. The zero-order chi connectivity index (χ0) is 14.0. The van der Waals surface area contributed by atoms with Gasteiger partial charge < -0.3 is 10.4 Å². The number of carbonyl (C=O) groups excluding carboxylic acids is 1.